The number of hydrogen-bond acceptors (Lipinski definition) is 6. The number of fused-ring (bicyclic) bond motifs is 2. The van der Waals surface area contributed by atoms with Gasteiger partial charge in [0.05, 0.1) is 11.9 Å². The van der Waals surface area contributed by atoms with Crippen LogP contribution in [0.2, 0.25) is 0 Å². The Morgan fingerprint density at radius 3 is 2.75 bits per heavy atom. The molecule has 1 saturated heterocycles. The van der Waals surface area contributed by atoms with E-state index in [1.54, 1.807) is 22.7 Å². The summed E-state index contributed by atoms with van der Waals surface area (Å²) in [6.07, 6.45) is 7.71. The number of hydrogen-bond donors (Lipinski definition) is 1. The molecule has 0 spiro atoms. The number of nitrogens with zero attached hydrogens (tertiary/aromatic N) is 3. The number of rotatable bonds is 10. The molecule has 3 aliphatic heterocycles. The predicted octanol–water partition coefficient (Wildman–Crippen LogP) is 4.04. The van der Waals surface area contributed by atoms with Crippen molar-refractivity contribution < 1.29 is 18.8 Å². The second-order valence-corrected chi connectivity index (χ2v) is 10.9. The van der Waals surface area contributed by atoms with Gasteiger partial charge in [0.2, 0.25) is 11.8 Å². The predicted molar refractivity (Wildman–Crippen MR) is 135 cm³/mol. The zero-order valence-corrected chi connectivity index (χ0v) is 21.1. The van der Waals surface area contributed by atoms with E-state index in [4.69, 9.17) is 0 Å². The van der Waals surface area contributed by atoms with Crippen LogP contribution in [-0.4, -0.2) is 50.8 Å². The summed E-state index contributed by atoms with van der Waals surface area (Å²) >= 11 is 1.78. The number of piperidine rings is 1. The smallest absolute Gasteiger partial charge is 0.255 e. The molecule has 1 unspecified atom stereocenters. The van der Waals surface area contributed by atoms with Gasteiger partial charge in [0, 0.05) is 36.5 Å². The number of halogens is 1. The highest BCUT2D eigenvalue weighted by Gasteiger charge is 2.39. The molecule has 3 amide bonds. The largest absolute Gasteiger partial charge is 0.322 e. The summed E-state index contributed by atoms with van der Waals surface area (Å²) in [5.74, 6) is -0.0355. The number of pyridine rings is 1. The first-order chi connectivity index (χ1) is 17.5. The number of benzene rings is 1. The lowest BCUT2D eigenvalue weighted by Gasteiger charge is -2.29. The van der Waals surface area contributed by atoms with Crippen LogP contribution in [0.5, 0.6) is 0 Å². The lowest BCUT2D eigenvalue weighted by molar-refractivity contribution is -0.136. The van der Waals surface area contributed by atoms with Crippen LogP contribution in [0, 0.1) is 5.82 Å². The van der Waals surface area contributed by atoms with Crippen LogP contribution < -0.4 is 5.32 Å². The average Bonchev–Trinajstić information content (AvgIpc) is 3.41. The summed E-state index contributed by atoms with van der Waals surface area (Å²) in [7, 11) is 0. The topological polar surface area (TPSA) is 82.6 Å². The molecule has 1 aromatic carbocycles. The maximum atomic E-state index is 13.3. The molecule has 1 fully saturated rings. The molecule has 9 heteroatoms. The molecule has 1 aromatic heterocycles. The SMILES string of the molecule is O=C1CCC(N2Cc3c(SCCCCCCCN4Cc5cc(F)cnc5C4)cccc3C2=O)C(=O)N1. The zero-order chi connectivity index (χ0) is 25.1. The number of amides is 3. The molecule has 0 saturated carbocycles. The molecule has 1 N–H and O–H groups in total. The zero-order valence-electron chi connectivity index (χ0n) is 20.3. The summed E-state index contributed by atoms with van der Waals surface area (Å²) in [4.78, 5) is 46.0. The van der Waals surface area contributed by atoms with Gasteiger partial charge < -0.3 is 4.90 Å². The highest BCUT2D eigenvalue weighted by molar-refractivity contribution is 7.99. The number of unbranched alkanes of at least 4 members (excludes halogenated alkanes) is 4. The number of aromatic nitrogens is 1. The van der Waals surface area contributed by atoms with Crippen LogP contribution >= 0.6 is 11.8 Å². The fourth-order valence-electron chi connectivity index (χ4n) is 5.30. The highest BCUT2D eigenvalue weighted by Crippen LogP contribution is 2.34. The molecule has 36 heavy (non-hydrogen) atoms. The monoisotopic (exact) mass is 510 g/mol. The van der Waals surface area contributed by atoms with E-state index in [1.807, 2.05) is 12.1 Å². The Kier molecular flexibility index (Phi) is 7.67. The summed E-state index contributed by atoms with van der Waals surface area (Å²) in [6, 6.07) is 6.82. The third-order valence-electron chi connectivity index (χ3n) is 7.21. The first-order valence-corrected chi connectivity index (χ1v) is 13.7. The maximum absolute atomic E-state index is 13.3. The molecular formula is C27H31FN4O3S. The van der Waals surface area contributed by atoms with Gasteiger partial charge in [0.1, 0.15) is 11.9 Å². The molecule has 3 aliphatic rings. The van der Waals surface area contributed by atoms with Crippen molar-refractivity contribution in [1.82, 2.24) is 20.1 Å². The van der Waals surface area contributed by atoms with Crippen molar-refractivity contribution in [2.75, 3.05) is 12.3 Å². The second kappa shape index (κ2) is 11.1. The van der Waals surface area contributed by atoms with Crippen molar-refractivity contribution in [2.24, 2.45) is 0 Å². The lowest BCUT2D eigenvalue weighted by Crippen LogP contribution is -2.52. The molecule has 190 valence electrons. The van der Waals surface area contributed by atoms with E-state index >= 15 is 0 Å². The van der Waals surface area contributed by atoms with Crippen molar-refractivity contribution in [1.29, 1.82) is 0 Å². The summed E-state index contributed by atoms with van der Waals surface area (Å²) in [5.41, 5.74) is 3.69. The fourth-order valence-corrected chi connectivity index (χ4v) is 6.39. The van der Waals surface area contributed by atoms with Crippen LogP contribution in [0.1, 0.15) is 72.1 Å². The normalized spacial score (nSPS) is 19.5. The molecule has 0 bridgehead atoms. The Balaban J connectivity index is 1.01. The van der Waals surface area contributed by atoms with Gasteiger partial charge in [0.15, 0.2) is 0 Å². The van der Waals surface area contributed by atoms with Gasteiger partial charge in [-0.15, -0.1) is 11.8 Å². The Morgan fingerprint density at radius 1 is 1.06 bits per heavy atom. The second-order valence-electron chi connectivity index (χ2n) is 9.77. The third-order valence-corrected chi connectivity index (χ3v) is 8.40. The number of imide groups is 1. The van der Waals surface area contributed by atoms with Gasteiger partial charge in [-0.05, 0) is 60.9 Å². The van der Waals surface area contributed by atoms with Crippen LogP contribution in [0.3, 0.4) is 0 Å². The van der Waals surface area contributed by atoms with Gasteiger partial charge in [-0.25, -0.2) is 4.39 Å². The molecule has 4 heterocycles. The van der Waals surface area contributed by atoms with Crippen molar-refractivity contribution in [3.05, 3.63) is 58.7 Å². The minimum atomic E-state index is -0.576. The summed E-state index contributed by atoms with van der Waals surface area (Å²) < 4.78 is 13.3. The van der Waals surface area contributed by atoms with Crippen molar-refractivity contribution >= 4 is 29.5 Å². The summed E-state index contributed by atoms with van der Waals surface area (Å²) in [6.45, 7) is 3.05. The van der Waals surface area contributed by atoms with E-state index < -0.39 is 6.04 Å². The van der Waals surface area contributed by atoms with Gasteiger partial charge in [-0.3, -0.25) is 29.6 Å². The van der Waals surface area contributed by atoms with E-state index in [0.29, 0.717) is 18.5 Å². The lowest BCUT2D eigenvalue weighted by atomic mass is 10.0. The van der Waals surface area contributed by atoms with E-state index in [0.717, 1.165) is 66.4 Å². The molecule has 7 nitrogen and oxygen atoms in total. The third kappa shape index (κ3) is 5.47. The molecular weight excluding hydrogens is 479 g/mol. The molecule has 2 aromatic rings. The maximum Gasteiger partial charge on any atom is 0.255 e. The summed E-state index contributed by atoms with van der Waals surface area (Å²) in [5, 5.41) is 2.36. The van der Waals surface area contributed by atoms with Crippen molar-refractivity contribution in [3.8, 4) is 0 Å². The quantitative estimate of drug-likeness (QED) is 0.295. The van der Waals surface area contributed by atoms with Gasteiger partial charge in [-0.2, -0.15) is 0 Å². The highest BCUT2D eigenvalue weighted by atomic mass is 32.2. The standard InChI is InChI=1S/C27H31FN4O3S/c28-19-13-18-15-31(17-22(18)29-14-19)11-4-2-1-3-5-12-36-24-8-6-7-20-21(24)16-32(27(20)35)23-9-10-25(33)30-26(23)34/h6-8,13-14,23H,1-5,9-12,15-17H2,(H,30,33,34). The number of thioether (sulfide) groups is 1. The van der Waals surface area contributed by atoms with Crippen molar-refractivity contribution in [2.45, 2.75) is 75.5 Å². The minimum absolute atomic E-state index is 0.121. The Hall–Kier alpha value is -2.78. The van der Waals surface area contributed by atoms with Gasteiger partial charge >= 0.3 is 0 Å². The number of carbonyl (C=O) groups is 3. The van der Waals surface area contributed by atoms with Crippen LogP contribution in [-0.2, 0) is 29.2 Å². The molecule has 5 rings (SSSR count). The van der Waals surface area contributed by atoms with Gasteiger partial charge in [-0.1, -0.05) is 25.3 Å². The first kappa shape index (κ1) is 24.9. The van der Waals surface area contributed by atoms with Crippen molar-refractivity contribution in [3.63, 3.8) is 0 Å². The Bertz CT molecular complexity index is 1170. The van der Waals surface area contributed by atoms with Crippen LogP contribution in [0.4, 0.5) is 4.39 Å². The van der Waals surface area contributed by atoms with E-state index in [1.165, 1.54) is 19.0 Å². The molecule has 1 atom stereocenters. The Labute approximate surface area is 214 Å². The van der Waals surface area contributed by atoms with E-state index in [2.05, 4.69) is 21.3 Å². The number of nitrogens with one attached hydrogen (secondary N) is 1. The Morgan fingerprint density at radius 2 is 1.89 bits per heavy atom. The van der Waals surface area contributed by atoms with Crippen LogP contribution in [0.25, 0.3) is 0 Å². The first-order valence-electron chi connectivity index (χ1n) is 12.7. The van der Waals surface area contributed by atoms with Crippen LogP contribution in [0.15, 0.2) is 35.4 Å². The molecule has 0 aliphatic carbocycles. The minimum Gasteiger partial charge on any atom is -0.322 e. The number of carbonyl (C=O) groups excluding carboxylic acids is 3. The fraction of sp³-hybridized carbons (Fsp3) is 0.481. The molecule has 0 radical (unpaired) electrons. The van der Waals surface area contributed by atoms with E-state index in [-0.39, 0.29) is 30.0 Å². The average molecular weight is 511 g/mol. The van der Waals surface area contributed by atoms with E-state index in [9.17, 15) is 18.8 Å². The van der Waals surface area contributed by atoms with Gasteiger partial charge in [0.25, 0.3) is 5.91 Å².